The molecule has 4 rings (SSSR count). The van der Waals surface area contributed by atoms with Crippen LogP contribution in [0.1, 0.15) is 29.9 Å². The maximum absolute atomic E-state index is 13.6. The van der Waals surface area contributed by atoms with Crippen LogP contribution in [0.2, 0.25) is 0 Å². The minimum Gasteiger partial charge on any atom is -0.348 e. The Kier molecular flexibility index (Phi) is 8.90. The lowest BCUT2D eigenvalue weighted by Gasteiger charge is -2.27. The molecule has 3 aromatic carbocycles. The molecule has 4 nitrogen and oxygen atoms in total. The van der Waals surface area contributed by atoms with Gasteiger partial charge in [-0.3, -0.25) is 4.94 Å². The smallest absolute Gasteiger partial charge is 0.184 e. The lowest BCUT2D eigenvalue weighted by Crippen LogP contribution is -2.25. The van der Waals surface area contributed by atoms with Crippen LogP contribution in [0.25, 0.3) is 11.1 Å². The van der Waals surface area contributed by atoms with Crippen molar-refractivity contribution in [3.05, 3.63) is 88.2 Å². The van der Waals surface area contributed by atoms with Crippen molar-refractivity contribution in [2.24, 2.45) is 5.92 Å². The van der Waals surface area contributed by atoms with Gasteiger partial charge in [-0.25, -0.2) is 26.3 Å². The number of nitrogens with zero attached hydrogens (tertiary/aromatic N) is 1. The Morgan fingerprint density at radius 1 is 0.889 bits per heavy atom. The summed E-state index contributed by atoms with van der Waals surface area (Å²) in [5.41, 5.74) is -1.30. The molecule has 1 aliphatic rings. The van der Waals surface area contributed by atoms with Crippen LogP contribution in [-0.2, 0) is 16.1 Å². The number of halogens is 7. The molecule has 0 aliphatic carbocycles. The first-order valence-electron chi connectivity index (χ1n) is 10.4. The van der Waals surface area contributed by atoms with Gasteiger partial charge < -0.3 is 9.47 Å². The Bertz CT molecular complexity index is 1220. The quantitative estimate of drug-likeness (QED) is 0.352. The highest BCUT2D eigenvalue weighted by atomic mass is 19.3. The fraction of sp³-hybridized carbons (Fsp3) is 0.240. The summed E-state index contributed by atoms with van der Waals surface area (Å²) >= 11 is 0. The van der Waals surface area contributed by atoms with Crippen LogP contribution in [0.3, 0.4) is 0 Å². The molecule has 36 heavy (non-hydrogen) atoms. The molecule has 0 radical (unpaired) electrons. The number of hydrogen-bond donors (Lipinski definition) is 0. The largest absolute Gasteiger partial charge is 0.348 e. The van der Waals surface area contributed by atoms with Crippen LogP contribution in [0.15, 0.2) is 42.5 Å². The van der Waals surface area contributed by atoms with E-state index in [2.05, 4.69) is 4.94 Å². The maximum atomic E-state index is 13.6. The first-order chi connectivity index (χ1) is 17.2. The molecular formula is C25H18F7NO3. The molecule has 0 unspecified atom stereocenters. The minimum absolute atomic E-state index is 0.100. The first kappa shape index (κ1) is 27.0. The van der Waals surface area contributed by atoms with Crippen LogP contribution in [0.5, 0.6) is 5.75 Å². The van der Waals surface area contributed by atoms with E-state index in [0.717, 1.165) is 42.5 Å². The lowest BCUT2D eigenvalue weighted by atomic mass is 10.0. The summed E-state index contributed by atoms with van der Waals surface area (Å²) in [6.45, 7) is 1.72. The SMILES string of the molecule is CC1COC(c2cc(F)c(CF)c(F)c2)OC1.N#Cc1c(F)cc(-c2ccc(OF)cc2F)cc1F. The average molecular weight is 513 g/mol. The monoisotopic (exact) mass is 513 g/mol. The molecule has 0 atom stereocenters. The number of rotatable bonds is 4. The second-order valence-electron chi connectivity index (χ2n) is 7.85. The molecule has 11 heteroatoms. The zero-order valence-corrected chi connectivity index (χ0v) is 18.6. The number of nitriles is 1. The van der Waals surface area contributed by atoms with Gasteiger partial charge in [-0.1, -0.05) is 6.92 Å². The first-order valence-corrected chi connectivity index (χ1v) is 10.4. The van der Waals surface area contributed by atoms with E-state index < -0.39 is 53.2 Å². The van der Waals surface area contributed by atoms with E-state index in [9.17, 15) is 30.9 Å². The molecule has 0 bridgehead atoms. The second-order valence-corrected chi connectivity index (χ2v) is 7.85. The third-order valence-electron chi connectivity index (χ3n) is 5.13. The van der Waals surface area contributed by atoms with E-state index in [4.69, 9.17) is 14.7 Å². The van der Waals surface area contributed by atoms with Crippen molar-refractivity contribution >= 4 is 0 Å². The highest BCUT2D eigenvalue weighted by molar-refractivity contribution is 5.66. The Morgan fingerprint density at radius 3 is 1.94 bits per heavy atom. The van der Waals surface area contributed by atoms with Crippen molar-refractivity contribution in [1.29, 1.82) is 5.26 Å². The van der Waals surface area contributed by atoms with Crippen molar-refractivity contribution in [3.8, 4) is 22.9 Å². The second kappa shape index (κ2) is 11.9. The van der Waals surface area contributed by atoms with Crippen molar-refractivity contribution in [1.82, 2.24) is 0 Å². The van der Waals surface area contributed by atoms with Gasteiger partial charge >= 0.3 is 0 Å². The third kappa shape index (κ3) is 6.13. The molecule has 0 aromatic heterocycles. The van der Waals surface area contributed by atoms with Gasteiger partial charge in [0.1, 0.15) is 47.4 Å². The standard InChI is InChI=1S/C13H5F4NO.C12H13F3O2/c14-11-3-7(4-12(15)10(11)6-18)9-2-1-8(19-17)5-13(9)16;1-7-5-16-12(17-6-7)8-2-10(14)9(4-13)11(15)3-8/h1-5H;2-3,7,12H,4-6H2,1H3. The number of ether oxygens (including phenoxy) is 2. The van der Waals surface area contributed by atoms with Crippen molar-refractivity contribution in [2.45, 2.75) is 19.9 Å². The summed E-state index contributed by atoms with van der Waals surface area (Å²) in [5.74, 6) is -5.02. The summed E-state index contributed by atoms with van der Waals surface area (Å²) in [6, 6.07) is 8.09. The Morgan fingerprint density at radius 2 is 1.47 bits per heavy atom. The van der Waals surface area contributed by atoms with Crippen molar-refractivity contribution in [2.75, 3.05) is 13.2 Å². The maximum Gasteiger partial charge on any atom is 0.184 e. The predicted molar refractivity (Wildman–Crippen MR) is 113 cm³/mol. The predicted octanol–water partition coefficient (Wildman–Crippen LogP) is 7.02. The van der Waals surface area contributed by atoms with Crippen LogP contribution in [-0.4, -0.2) is 13.2 Å². The zero-order valence-electron chi connectivity index (χ0n) is 18.6. The molecule has 1 aliphatic heterocycles. The van der Waals surface area contributed by atoms with Crippen molar-refractivity contribution in [3.63, 3.8) is 0 Å². The van der Waals surface area contributed by atoms with Gasteiger partial charge in [-0.05, 0) is 42.0 Å². The minimum atomic E-state index is -1.17. The highest BCUT2D eigenvalue weighted by Gasteiger charge is 2.23. The van der Waals surface area contributed by atoms with Gasteiger partial charge in [0.05, 0.1) is 18.8 Å². The van der Waals surface area contributed by atoms with Gasteiger partial charge in [0.15, 0.2) is 12.0 Å². The summed E-state index contributed by atoms with van der Waals surface area (Å²) in [6.07, 6.45) is -0.774. The summed E-state index contributed by atoms with van der Waals surface area (Å²) in [7, 11) is 0. The Labute approximate surface area is 201 Å². The van der Waals surface area contributed by atoms with E-state index >= 15 is 0 Å². The van der Waals surface area contributed by atoms with Gasteiger partial charge in [0.2, 0.25) is 0 Å². The molecule has 0 amide bonds. The highest BCUT2D eigenvalue weighted by Crippen LogP contribution is 2.30. The van der Waals surface area contributed by atoms with Crippen LogP contribution in [0, 0.1) is 46.3 Å². The van der Waals surface area contributed by atoms with Crippen LogP contribution < -0.4 is 4.94 Å². The third-order valence-corrected chi connectivity index (χ3v) is 5.13. The van der Waals surface area contributed by atoms with Crippen LogP contribution >= 0.6 is 0 Å². The Balaban J connectivity index is 0.000000202. The summed E-state index contributed by atoms with van der Waals surface area (Å²) in [5, 5.41) is 8.52. The van der Waals surface area contributed by atoms with E-state index in [-0.39, 0.29) is 28.4 Å². The lowest BCUT2D eigenvalue weighted by molar-refractivity contribution is -0.202. The van der Waals surface area contributed by atoms with E-state index in [1.165, 1.54) is 6.07 Å². The molecule has 0 spiro atoms. The van der Waals surface area contributed by atoms with Crippen molar-refractivity contribution < 1.29 is 45.3 Å². The number of benzene rings is 3. The molecule has 1 fully saturated rings. The summed E-state index contributed by atoms with van der Waals surface area (Å²) in [4.78, 5) is 3.34. The molecule has 0 N–H and O–H groups in total. The van der Waals surface area contributed by atoms with Gasteiger partial charge in [-0.15, -0.1) is 0 Å². The van der Waals surface area contributed by atoms with Gasteiger partial charge in [0.25, 0.3) is 0 Å². The van der Waals surface area contributed by atoms with E-state index in [1.807, 2.05) is 6.92 Å². The average Bonchev–Trinajstić information content (AvgIpc) is 2.84. The van der Waals surface area contributed by atoms with E-state index in [0.29, 0.717) is 13.2 Å². The molecule has 0 saturated carbocycles. The van der Waals surface area contributed by atoms with Gasteiger partial charge in [0, 0.05) is 27.6 Å². The van der Waals surface area contributed by atoms with E-state index in [1.54, 1.807) is 0 Å². The molecule has 1 heterocycles. The van der Waals surface area contributed by atoms with Crippen LogP contribution in [0.4, 0.5) is 30.9 Å². The molecule has 1 saturated heterocycles. The Hall–Kier alpha value is -3.62. The number of alkyl halides is 1. The topological polar surface area (TPSA) is 51.5 Å². The normalized spacial score (nSPS) is 17.1. The van der Waals surface area contributed by atoms with Gasteiger partial charge in [-0.2, -0.15) is 5.26 Å². The zero-order chi connectivity index (χ0) is 26.4. The molecule has 3 aromatic rings. The fourth-order valence-corrected chi connectivity index (χ4v) is 3.29. The summed E-state index contributed by atoms with van der Waals surface area (Å²) < 4.78 is 102. The number of hydrogen-bond acceptors (Lipinski definition) is 4. The molecular weight excluding hydrogens is 495 g/mol. The fourth-order valence-electron chi connectivity index (χ4n) is 3.29. The molecule has 190 valence electrons.